The van der Waals surface area contributed by atoms with Crippen LogP contribution in [-0.2, 0) is 5.41 Å². The van der Waals surface area contributed by atoms with E-state index < -0.39 is 0 Å². The molecule has 0 bridgehead atoms. The van der Waals surface area contributed by atoms with Gasteiger partial charge in [-0.05, 0) is 65.8 Å². The number of nitrogens with one attached hydrogen (secondary N) is 1. The fourth-order valence-corrected chi connectivity index (χ4v) is 4.27. The van der Waals surface area contributed by atoms with E-state index in [9.17, 15) is 0 Å². The van der Waals surface area contributed by atoms with E-state index >= 15 is 0 Å². The van der Waals surface area contributed by atoms with Crippen LogP contribution >= 0.6 is 0 Å². The molecule has 2 unspecified atom stereocenters. The third-order valence-corrected chi connectivity index (χ3v) is 6.42. The van der Waals surface area contributed by atoms with Gasteiger partial charge in [-0.15, -0.1) is 0 Å². The molecule has 2 aromatic heterocycles. The largest absolute Gasteiger partial charge is 0.497 e. The molecular formula is C24H24N2O2. The van der Waals surface area contributed by atoms with Crippen molar-refractivity contribution in [2.24, 2.45) is 5.92 Å². The topological polar surface area (TPSA) is 47.1 Å². The number of ether oxygens (including phenoxy) is 2. The average molecular weight is 372 g/mol. The molecule has 142 valence electrons. The number of rotatable bonds is 4. The minimum Gasteiger partial charge on any atom is -0.497 e. The first-order valence-corrected chi connectivity index (χ1v) is 9.69. The van der Waals surface area contributed by atoms with Crippen LogP contribution in [0.2, 0.25) is 0 Å². The first-order valence-electron chi connectivity index (χ1n) is 9.69. The Hall–Kier alpha value is -3.01. The van der Waals surface area contributed by atoms with Gasteiger partial charge in [-0.1, -0.05) is 13.8 Å². The molecule has 1 saturated carbocycles. The third kappa shape index (κ3) is 2.48. The number of fused-ring (bicyclic) bond motifs is 3. The van der Waals surface area contributed by atoms with E-state index in [0.717, 1.165) is 44.7 Å². The number of benzene rings is 2. The Kier molecular flexibility index (Phi) is 3.66. The highest BCUT2D eigenvalue weighted by atomic mass is 16.5. The Balaban J connectivity index is 1.78. The molecular weight excluding hydrogens is 348 g/mol. The maximum atomic E-state index is 5.41. The molecule has 2 atom stereocenters. The van der Waals surface area contributed by atoms with Crippen molar-refractivity contribution < 1.29 is 9.47 Å². The van der Waals surface area contributed by atoms with Crippen LogP contribution in [0, 0.1) is 5.92 Å². The molecule has 4 heteroatoms. The van der Waals surface area contributed by atoms with Crippen LogP contribution in [0.5, 0.6) is 11.5 Å². The number of methoxy groups -OCH3 is 2. The number of H-pyrrole nitrogens is 1. The van der Waals surface area contributed by atoms with Crippen molar-refractivity contribution in [3.8, 4) is 22.8 Å². The number of aromatic amines is 1. The van der Waals surface area contributed by atoms with Gasteiger partial charge in [0, 0.05) is 17.0 Å². The third-order valence-electron chi connectivity index (χ3n) is 6.42. The SMILES string of the molecule is COc1ccc(-c2cc(C3(C)CC3C)c3[nH]c4cc(OC)ccc4c3n2)cc1. The zero-order chi connectivity index (χ0) is 19.5. The van der Waals surface area contributed by atoms with Gasteiger partial charge in [-0.25, -0.2) is 4.98 Å². The first-order chi connectivity index (χ1) is 13.5. The van der Waals surface area contributed by atoms with Gasteiger partial charge >= 0.3 is 0 Å². The maximum absolute atomic E-state index is 5.41. The quantitative estimate of drug-likeness (QED) is 0.500. The average Bonchev–Trinajstić information content (AvgIpc) is 3.19. The summed E-state index contributed by atoms with van der Waals surface area (Å²) in [5.74, 6) is 2.37. The van der Waals surface area contributed by atoms with E-state index in [-0.39, 0.29) is 5.41 Å². The fraction of sp³-hybridized carbons (Fsp3) is 0.292. The number of hydrogen-bond acceptors (Lipinski definition) is 3. The predicted molar refractivity (Wildman–Crippen MR) is 113 cm³/mol. The normalized spacial score (nSPS) is 21.2. The van der Waals surface area contributed by atoms with Gasteiger partial charge in [0.1, 0.15) is 11.5 Å². The van der Waals surface area contributed by atoms with E-state index in [2.05, 4.69) is 43.1 Å². The van der Waals surface area contributed by atoms with Crippen LogP contribution in [0.1, 0.15) is 25.8 Å². The molecule has 1 N–H and O–H groups in total. The highest BCUT2D eigenvalue weighted by Gasteiger charge is 2.49. The Morgan fingerprint density at radius 2 is 1.68 bits per heavy atom. The molecule has 28 heavy (non-hydrogen) atoms. The lowest BCUT2D eigenvalue weighted by atomic mass is 9.93. The molecule has 4 nitrogen and oxygen atoms in total. The number of hydrogen-bond donors (Lipinski definition) is 1. The van der Waals surface area contributed by atoms with E-state index in [1.165, 1.54) is 12.0 Å². The van der Waals surface area contributed by atoms with Gasteiger partial charge in [0.2, 0.25) is 0 Å². The van der Waals surface area contributed by atoms with Crippen molar-refractivity contribution in [3.05, 3.63) is 54.1 Å². The van der Waals surface area contributed by atoms with Gasteiger partial charge in [0.05, 0.1) is 36.5 Å². The molecule has 2 heterocycles. The minimum absolute atomic E-state index is 0.188. The zero-order valence-electron chi connectivity index (χ0n) is 16.7. The lowest BCUT2D eigenvalue weighted by Crippen LogP contribution is -2.05. The van der Waals surface area contributed by atoms with Crippen LogP contribution in [-0.4, -0.2) is 24.2 Å². The van der Waals surface area contributed by atoms with Gasteiger partial charge in [0.15, 0.2) is 0 Å². The Labute approximate surface area is 164 Å². The van der Waals surface area contributed by atoms with E-state index in [4.69, 9.17) is 14.5 Å². The number of pyridine rings is 1. The van der Waals surface area contributed by atoms with Crippen molar-refractivity contribution in [3.63, 3.8) is 0 Å². The number of nitrogens with zero attached hydrogens (tertiary/aromatic N) is 1. The summed E-state index contributed by atoms with van der Waals surface area (Å²) in [6.07, 6.45) is 1.20. The van der Waals surface area contributed by atoms with E-state index in [0.29, 0.717) is 5.92 Å². The molecule has 0 spiro atoms. The lowest BCUT2D eigenvalue weighted by molar-refractivity contribution is 0.415. The molecule has 4 aromatic rings. The second-order valence-corrected chi connectivity index (χ2v) is 8.07. The molecule has 0 aliphatic heterocycles. The molecule has 5 rings (SSSR count). The Morgan fingerprint density at radius 3 is 2.32 bits per heavy atom. The second-order valence-electron chi connectivity index (χ2n) is 8.07. The van der Waals surface area contributed by atoms with Gasteiger partial charge in [0.25, 0.3) is 0 Å². The van der Waals surface area contributed by atoms with Crippen LogP contribution in [0.4, 0.5) is 0 Å². The standard InChI is InChI=1S/C24H24N2O2/c1-14-13-24(14,2)19-12-20(15-5-7-16(27-3)8-6-15)25-22-18-10-9-17(28-4)11-21(18)26-23(19)22/h5-12,14,26H,13H2,1-4H3. The second kappa shape index (κ2) is 5.99. The number of aromatic nitrogens is 2. The minimum atomic E-state index is 0.188. The van der Waals surface area contributed by atoms with Crippen molar-refractivity contribution >= 4 is 21.9 Å². The van der Waals surface area contributed by atoms with Gasteiger partial charge < -0.3 is 14.5 Å². The summed E-state index contributed by atoms with van der Waals surface area (Å²) in [5, 5.41) is 1.13. The first kappa shape index (κ1) is 17.1. The molecule has 1 fully saturated rings. The van der Waals surface area contributed by atoms with Crippen LogP contribution in [0.25, 0.3) is 33.2 Å². The zero-order valence-corrected chi connectivity index (χ0v) is 16.7. The van der Waals surface area contributed by atoms with Crippen molar-refractivity contribution in [2.75, 3.05) is 14.2 Å². The fourth-order valence-electron chi connectivity index (χ4n) is 4.27. The highest BCUT2D eigenvalue weighted by molar-refractivity contribution is 6.07. The molecule has 0 radical (unpaired) electrons. The van der Waals surface area contributed by atoms with E-state index in [1.54, 1.807) is 14.2 Å². The summed E-state index contributed by atoms with van der Waals surface area (Å²) in [7, 11) is 3.38. The smallest absolute Gasteiger partial charge is 0.120 e. The molecule has 0 saturated heterocycles. The molecule has 1 aliphatic carbocycles. The Morgan fingerprint density at radius 1 is 1.00 bits per heavy atom. The summed E-state index contributed by atoms with van der Waals surface area (Å²) in [5.41, 5.74) is 6.88. The maximum Gasteiger partial charge on any atom is 0.120 e. The van der Waals surface area contributed by atoms with Crippen molar-refractivity contribution in [2.45, 2.75) is 25.7 Å². The van der Waals surface area contributed by atoms with Gasteiger partial charge in [-0.3, -0.25) is 0 Å². The summed E-state index contributed by atoms with van der Waals surface area (Å²) in [4.78, 5) is 8.68. The summed E-state index contributed by atoms with van der Waals surface area (Å²) >= 11 is 0. The van der Waals surface area contributed by atoms with Gasteiger partial charge in [-0.2, -0.15) is 0 Å². The summed E-state index contributed by atoms with van der Waals surface area (Å²) in [6, 6.07) is 16.5. The van der Waals surface area contributed by atoms with Crippen LogP contribution in [0.15, 0.2) is 48.5 Å². The molecule has 1 aliphatic rings. The van der Waals surface area contributed by atoms with Crippen molar-refractivity contribution in [1.29, 1.82) is 0 Å². The van der Waals surface area contributed by atoms with Crippen LogP contribution < -0.4 is 9.47 Å². The highest BCUT2D eigenvalue weighted by Crippen LogP contribution is 2.55. The summed E-state index contributed by atoms with van der Waals surface area (Å²) < 4.78 is 10.7. The van der Waals surface area contributed by atoms with Crippen molar-refractivity contribution in [1.82, 2.24) is 9.97 Å². The molecule has 2 aromatic carbocycles. The lowest BCUT2D eigenvalue weighted by Gasteiger charge is -2.14. The Bertz CT molecular complexity index is 1190. The summed E-state index contributed by atoms with van der Waals surface area (Å²) in [6.45, 7) is 4.68. The van der Waals surface area contributed by atoms with E-state index in [1.807, 2.05) is 24.3 Å². The predicted octanol–water partition coefficient (Wildman–Crippen LogP) is 5.70. The molecule has 0 amide bonds. The van der Waals surface area contributed by atoms with Crippen LogP contribution in [0.3, 0.4) is 0 Å². The monoisotopic (exact) mass is 372 g/mol.